The SMILES string of the molecule is Cc1ccc(C2(c3cc4c(cc3C)C(C)(C)CCC4(C)C)CO2)cc1. The van der Waals surface area contributed by atoms with Gasteiger partial charge in [-0.05, 0) is 65.3 Å². The molecule has 1 aliphatic carbocycles. The van der Waals surface area contributed by atoms with Crippen molar-refractivity contribution in [1.29, 1.82) is 0 Å². The van der Waals surface area contributed by atoms with Gasteiger partial charge < -0.3 is 4.74 Å². The number of rotatable bonds is 2. The van der Waals surface area contributed by atoms with Crippen LogP contribution in [-0.2, 0) is 21.2 Å². The lowest BCUT2D eigenvalue weighted by molar-refractivity contribution is 0.326. The average Bonchev–Trinajstić information content (AvgIpc) is 3.34. The smallest absolute Gasteiger partial charge is 0.142 e. The average molecular weight is 335 g/mol. The van der Waals surface area contributed by atoms with Crippen LogP contribution < -0.4 is 0 Å². The van der Waals surface area contributed by atoms with Crippen molar-refractivity contribution in [2.24, 2.45) is 0 Å². The van der Waals surface area contributed by atoms with Crippen LogP contribution in [0.2, 0.25) is 0 Å². The largest absolute Gasteiger partial charge is 0.359 e. The highest BCUT2D eigenvalue weighted by Crippen LogP contribution is 2.51. The van der Waals surface area contributed by atoms with Crippen LogP contribution in [0, 0.1) is 13.8 Å². The molecule has 0 saturated carbocycles. The maximum absolute atomic E-state index is 6.10. The first-order valence-electron chi connectivity index (χ1n) is 9.53. The Hall–Kier alpha value is -1.60. The lowest BCUT2D eigenvalue weighted by Crippen LogP contribution is -2.34. The molecule has 0 amide bonds. The van der Waals surface area contributed by atoms with Gasteiger partial charge in [-0.2, -0.15) is 0 Å². The third-order valence-corrected chi connectivity index (χ3v) is 6.58. The van der Waals surface area contributed by atoms with Crippen molar-refractivity contribution in [1.82, 2.24) is 0 Å². The van der Waals surface area contributed by atoms with E-state index in [4.69, 9.17) is 4.74 Å². The van der Waals surface area contributed by atoms with Crippen molar-refractivity contribution in [3.63, 3.8) is 0 Å². The van der Waals surface area contributed by atoms with Gasteiger partial charge >= 0.3 is 0 Å². The van der Waals surface area contributed by atoms with Crippen LogP contribution in [0.3, 0.4) is 0 Å². The molecular weight excluding hydrogens is 304 g/mol. The van der Waals surface area contributed by atoms with E-state index < -0.39 is 0 Å². The Morgan fingerprint density at radius 3 is 1.80 bits per heavy atom. The van der Waals surface area contributed by atoms with Crippen LogP contribution in [-0.4, -0.2) is 6.61 Å². The molecule has 1 aliphatic heterocycles. The van der Waals surface area contributed by atoms with Crippen LogP contribution in [0.4, 0.5) is 0 Å². The van der Waals surface area contributed by atoms with E-state index in [-0.39, 0.29) is 16.4 Å². The Bertz CT molecular complexity index is 820. The summed E-state index contributed by atoms with van der Waals surface area (Å²) < 4.78 is 6.10. The fourth-order valence-electron chi connectivity index (χ4n) is 4.53. The van der Waals surface area contributed by atoms with Gasteiger partial charge in [-0.3, -0.25) is 0 Å². The number of fused-ring (bicyclic) bond motifs is 1. The zero-order valence-corrected chi connectivity index (χ0v) is 16.5. The van der Waals surface area contributed by atoms with Gasteiger partial charge in [-0.25, -0.2) is 0 Å². The minimum absolute atomic E-state index is 0.232. The first-order chi connectivity index (χ1) is 11.7. The van der Waals surface area contributed by atoms with E-state index in [9.17, 15) is 0 Å². The van der Waals surface area contributed by atoms with Gasteiger partial charge in [-0.15, -0.1) is 0 Å². The summed E-state index contributed by atoms with van der Waals surface area (Å²) in [5, 5.41) is 0. The topological polar surface area (TPSA) is 12.5 Å². The molecule has 2 aromatic carbocycles. The van der Waals surface area contributed by atoms with E-state index in [0.29, 0.717) is 0 Å². The minimum atomic E-state index is -0.232. The highest BCUT2D eigenvalue weighted by atomic mass is 16.6. The second-order valence-electron chi connectivity index (χ2n) is 9.46. The molecule has 2 aromatic rings. The maximum atomic E-state index is 6.10. The lowest BCUT2D eigenvalue weighted by Gasteiger charge is -2.42. The Kier molecular flexibility index (Phi) is 3.51. The molecule has 1 heterocycles. The van der Waals surface area contributed by atoms with Gasteiger partial charge in [0, 0.05) is 0 Å². The molecule has 0 spiro atoms. The summed E-state index contributed by atoms with van der Waals surface area (Å²) in [5.41, 5.74) is 8.62. The summed E-state index contributed by atoms with van der Waals surface area (Å²) >= 11 is 0. The summed E-state index contributed by atoms with van der Waals surface area (Å²) in [6, 6.07) is 13.8. The molecule has 1 fully saturated rings. The molecule has 2 aliphatic rings. The summed E-state index contributed by atoms with van der Waals surface area (Å²) in [4.78, 5) is 0. The predicted octanol–water partition coefficient (Wildman–Crippen LogP) is 5.93. The number of hydrogen-bond donors (Lipinski definition) is 0. The summed E-state index contributed by atoms with van der Waals surface area (Å²) in [7, 11) is 0. The first-order valence-corrected chi connectivity index (χ1v) is 9.53. The molecule has 4 rings (SSSR count). The van der Waals surface area contributed by atoms with Crippen LogP contribution in [0.25, 0.3) is 0 Å². The highest BCUT2D eigenvalue weighted by molar-refractivity contribution is 5.53. The Morgan fingerprint density at radius 2 is 1.28 bits per heavy atom. The van der Waals surface area contributed by atoms with E-state index >= 15 is 0 Å². The van der Waals surface area contributed by atoms with Crippen molar-refractivity contribution in [2.45, 2.75) is 70.8 Å². The van der Waals surface area contributed by atoms with Crippen molar-refractivity contribution in [2.75, 3.05) is 6.61 Å². The number of benzene rings is 2. The van der Waals surface area contributed by atoms with E-state index in [1.54, 1.807) is 0 Å². The standard InChI is InChI=1S/C24H30O/c1-16-7-9-18(10-8-16)24(15-25-24)19-14-21-20(13-17(19)2)22(3,4)11-12-23(21,5)6/h7-10,13-14H,11-12,15H2,1-6H3. The van der Waals surface area contributed by atoms with Crippen LogP contribution in [0.15, 0.2) is 36.4 Å². The maximum Gasteiger partial charge on any atom is 0.142 e. The van der Waals surface area contributed by atoms with Crippen molar-refractivity contribution in [3.8, 4) is 0 Å². The van der Waals surface area contributed by atoms with E-state index in [0.717, 1.165) is 6.61 Å². The molecule has 0 aromatic heterocycles. The zero-order chi connectivity index (χ0) is 18.0. The zero-order valence-electron chi connectivity index (χ0n) is 16.5. The van der Waals surface area contributed by atoms with Gasteiger partial charge in [0.05, 0.1) is 6.61 Å². The summed E-state index contributed by atoms with van der Waals surface area (Å²) in [6.07, 6.45) is 2.50. The number of aryl methyl sites for hydroxylation is 2. The molecule has 0 radical (unpaired) electrons. The Balaban J connectivity index is 1.89. The van der Waals surface area contributed by atoms with E-state index in [1.807, 2.05) is 0 Å². The summed E-state index contributed by atoms with van der Waals surface area (Å²) in [6.45, 7) is 14.8. The molecule has 0 N–H and O–H groups in total. The molecule has 1 heteroatoms. The molecule has 25 heavy (non-hydrogen) atoms. The molecular formula is C24H30O. The van der Waals surface area contributed by atoms with E-state index in [2.05, 4.69) is 77.9 Å². The first kappa shape index (κ1) is 16.8. The Morgan fingerprint density at radius 1 is 0.760 bits per heavy atom. The molecule has 1 saturated heterocycles. The lowest BCUT2D eigenvalue weighted by atomic mass is 9.62. The van der Waals surface area contributed by atoms with Gasteiger partial charge in [0.1, 0.15) is 5.60 Å². The van der Waals surface area contributed by atoms with Crippen LogP contribution in [0.1, 0.15) is 73.9 Å². The van der Waals surface area contributed by atoms with Crippen molar-refractivity contribution >= 4 is 0 Å². The second kappa shape index (κ2) is 5.20. The third-order valence-electron chi connectivity index (χ3n) is 6.58. The summed E-state index contributed by atoms with van der Waals surface area (Å²) in [5.74, 6) is 0. The molecule has 132 valence electrons. The van der Waals surface area contributed by atoms with Crippen LogP contribution in [0.5, 0.6) is 0 Å². The van der Waals surface area contributed by atoms with Gasteiger partial charge in [0.2, 0.25) is 0 Å². The fraction of sp³-hybridized carbons (Fsp3) is 0.500. The quantitative estimate of drug-likeness (QED) is 0.620. The third kappa shape index (κ3) is 2.56. The van der Waals surface area contributed by atoms with Gasteiger partial charge in [-0.1, -0.05) is 69.7 Å². The molecule has 1 unspecified atom stereocenters. The van der Waals surface area contributed by atoms with Crippen molar-refractivity contribution in [3.05, 3.63) is 69.8 Å². The van der Waals surface area contributed by atoms with Gasteiger partial charge in [0.15, 0.2) is 0 Å². The second-order valence-corrected chi connectivity index (χ2v) is 9.46. The molecule has 1 atom stereocenters. The number of ether oxygens (including phenoxy) is 1. The molecule has 0 bridgehead atoms. The molecule has 1 nitrogen and oxygen atoms in total. The van der Waals surface area contributed by atoms with E-state index in [1.165, 1.54) is 46.2 Å². The van der Waals surface area contributed by atoms with Gasteiger partial charge in [0.25, 0.3) is 0 Å². The monoisotopic (exact) mass is 334 g/mol. The fourth-order valence-corrected chi connectivity index (χ4v) is 4.53. The predicted molar refractivity (Wildman–Crippen MR) is 104 cm³/mol. The normalized spacial score (nSPS) is 26.2. The minimum Gasteiger partial charge on any atom is -0.359 e. The number of epoxide rings is 1. The number of hydrogen-bond acceptors (Lipinski definition) is 1. The van der Waals surface area contributed by atoms with Crippen LogP contribution >= 0.6 is 0 Å². The Labute approximate surface area is 152 Å². The van der Waals surface area contributed by atoms with Crippen molar-refractivity contribution < 1.29 is 4.74 Å². The highest BCUT2D eigenvalue weighted by Gasteiger charge is 2.50.